The second-order valence-electron chi connectivity index (χ2n) is 5.86. The Morgan fingerprint density at radius 2 is 1.91 bits per heavy atom. The minimum Gasteiger partial charge on any atom is -0.344 e. The molecule has 0 radical (unpaired) electrons. The van der Waals surface area contributed by atoms with Crippen LogP contribution in [0.3, 0.4) is 0 Å². The van der Waals surface area contributed by atoms with Gasteiger partial charge in [-0.1, -0.05) is 25.1 Å². The number of benzene rings is 1. The molecule has 1 N–H and O–H groups in total. The first-order valence-corrected chi connectivity index (χ1v) is 9.05. The van der Waals surface area contributed by atoms with E-state index in [-0.39, 0.29) is 23.5 Å². The molecule has 4 nitrogen and oxygen atoms in total. The molecule has 1 saturated heterocycles. The minimum atomic E-state index is -0.548. The number of hydrogen-bond donors (Lipinski definition) is 1. The molecule has 1 aliphatic rings. The van der Waals surface area contributed by atoms with Crippen molar-refractivity contribution >= 4 is 23.6 Å². The van der Waals surface area contributed by atoms with E-state index in [0.29, 0.717) is 12.0 Å². The molecule has 2 amide bonds. The first-order chi connectivity index (χ1) is 11.0. The zero-order valence-corrected chi connectivity index (χ0v) is 14.4. The van der Waals surface area contributed by atoms with Crippen LogP contribution in [-0.2, 0) is 16.0 Å². The Morgan fingerprint density at radius 1 is 1.26 bits per heavy atom. The first kappa shape index (κ1) is 17.8. The number of thioether (sulfide) groups is 1. The molecule has 2 unspecified atom stereocenters. The third kappa shape index (κ3) is 4.96. The second kappa shape index (κ2) is 8.34. The van der Waals surface area contributed by atoms with Crippen molar-refractivity contribution in [2.45, 2.75) is 26.3 Å². The van der Waals surface area contributed by atoms with Gasteiger partial charge in [0.05, 0.1) is 0 Å². The SMILES string of the molecule is CC(Cc1ccccc1F)C(=O)NC(C)C(=O)N1CCSCC1. The summed E-state index contributed by atoms with van der Waals surface area (Å²) >= 11 is 1.83. The topological polar surface area (TPSA) is 49.4 Å². The summed E-state index contributed by atoms with van der Waals surface area (Å²) < 4.78 is 13.7. The van der Waals surface area contributed by atoms with E-state index in [1.807, 2.05) is 11.8 Å². The van der Waals surface area contributed by atoms with Gasteiger partial charge >= 0.3 is 0 Å². The summed E-state index contributed by atoms with van der Waals surface area (Å²) in [6, 6.07) is 5.90. The summed E-state index contributed by atoms with van der Waals surface area (Å²) in [5, 5.41) is 2.76. The Labute approximate surface area is 140 Å². The summed E-state index contributed by atoms with van der Waals surface area (Å²) in [6.45, 7) is 4.91. The lowest BCUT2D eigenvalue weighted by Crippen LogP contribution is -2.50. The molecule has 0 bridgehead atoms. The van der Waals surface area contributed by atoms with Crippen molar-refractivity contribution in [3.05, 3.63) is 35.6 Å². The van der Waals surface area contributed by atoms with Crippen LogP contribution in [0.15, 0.2) is 24.3 Å². The van der Waals surface area contributed by atoms with Gasteiger partial charge in [0.15, 0.2) is 0 Å². The number of carbonyl (C=O) groups is 2. The van der Waals surface area contributed by atoms with E-state index in [2.05, 4.69) is 5.32 Å². The van der Waals surface area contributed by atoms with Gasteiger partial charge in [0.25, 0.3) is 0 Å². The Bertz CT molecular complexity index is 561. The summed E-state index contributed by atoms with van der Waals surface area (Å²) in [5.41, 5.74) is 0.516. The van der Waals surface area contributed by atoms with Crippen molar-refractivity contribution in [2.75, 3.05) is 24.6 Å². The van der Waals surface area contributed by atoms with Crippen molar-refractivity contribution in [1.82, 2.24) is 10.2 Å². The van der Waals surface area contributed by atoms with E-state index in [0.717, 1.165) is 24.6 Å². The van der Waals surface area contributed by atoms with Gasteiger partial charge in [-0.2, -0.15) is 11.8 Å². The normalized spacial score (nSPS) is 17.4. The van der Waals surface area contributed by atoms with Gasteiger partial charge in [-0.05, 0) is 25.0 Å². The van der Waals surface area contributed by atoms with Gasteiger partial charge in [0, 0.05) is 30.5 Å². The van der Waals surface area contributed by atoms with Crippen molar-refractivity contribution < 1.29 is 14.0 Å². The molecular weight excluding hydrogens is 315 g/mol. The van der Waals surface area contributed by atoms with Crippen molar-refractivity contribution in [2.24, 2.45) is 5.92 Å². The molecule has 1 aliphatic heterocycles. The van der Waals surface area contributed by atoms with Gasteiger partial charge in [-0.3, -0.25) is 9.59 Å². The van der Waals surface area contributed by atoms with E-state index >= 15 is 0 Å². The summed E-state index contributed by atoms with van der Waals surface area (Å²) in [5.74, 6) is 0.921. The molecule has 1 aromatic rings. The highest BCUT2D eigenvalue weighted by molar-refractivity contribution is 7.99. The zero-order chi connectivity index (χ0) is 16.8. The quantitative estimate of drug-likeness (QED) is 0.894. The van der Waals surface area contributed by atoms with Crippen molar-refractivity contribution in [1.29, 1.82) is 0 Å². The number of nitrogens with zero attached hydrogens (tertiary/aromatic N) is 1. The van der Waals surface area contributed by atoms with Crippen LogP contribution in [0.5, 0.6) is 0 Å². The standard InChI is InChI=1S/C17H23FN2O2S/c1-12(11-14-5-3-4-6-15(14)18)16(21)19-13(2)17(22)20-7-9-23-10-8-20/h3-6,12-13H,7-11H2,1-2H3,(H,19,21). The van der Waals surface area contributed by atoms with E-state index in [1.165, 1.54) is 6.07 Å². The fourth-order valence-corrected chi connectivity index (χ4v) is 3.46. The lowest BCUT2D eigenvalue weighted by molar-refractivity contribution is -0.136. The number of nitrogens with one attached hydrogen (secondary N) is 1. The summed E-state index contributed by atoms with van der Waals surface area (Å²) in [4.78, 5) is 26.4. The molecule has 0 spiro atoms. The minimum absolute atomic E-state index is 0.0447. The third-order valence-corrected chi connectivity index (χ3v) is 4.93. The third-order valence-electron chi connectivity index (χ3n) is 3.98. The van der Waals surface area contributed by atoms with Crippen LogP contribution in [0.1, 0.15) is 19.4 Å². The molecule has 1 heterocycles. The van der Waals surface area contributed by atoms with Crippen LogP contribution in [-0.4, -0.2) is 47.4 Å². The zero-order valence-electron chi connectivity index (χ0n) is 13.5. The highest BCUT2D eigenvalue weighted by atomic mass is 32.2. The highest BCUT2D eigenvalue weighted by Gasteiger charge is 2.25. The van der Waals surface area contributed by atoms with Gasteiger partial charge in [-0.15, -0.1) is 0 Å². The van der Waals surface area contributed by atoms with E-state index < -0.39 is 6.04 Å². The van der Waals surface area contributed by atoms with Crippen LogP contribution in [0.4, 0.5) is 4.39 Å². The van der Waals surface area contributed by atoms with E-state index in [9.17, 15) is 14.0 Å². The van der Waals surface area contributed by atoms with Gasteiger partial charge in [0.2, 0.25) is 11.8 Å². The predicted molar refractivity (Wildman–Crippen MR) is 90.8 cm³/mol. The van der Waals surface area contributed by atoms with Crippen molar-refractivity contribution in [3.8, 4) is 0 Å². The molecule has 23 heavy (non-hydrogen) atoms. The van der Waals surface area contributed by atoms with Crippen LogP contribution in [0.2, 0.25) is 0 Å². The predicted octanol–water partition coefficient (Wildman–Crippen LogP) is 2.08. The molecule has 0 aromatic heterocycles. The molecule has 0 aliphatic carbocycles. The maximum Gasteiger partial charge on any atom is 0.244 e. The number of hydrogen-bond acceptors (Lipinski definition) is 3. The second-order valence-corrected chi connectivity index (χ2v) is 7.09. The maximum atomic E-state index is 13.7. The number of carbonyl (C=O) groups excluding carboxylic acids is 2. The van der Waals surface area contributed by atoms with Gasteiger partial charge in [-0.25, -0.2) is 4.39 Å². The highest BCUT2D eigenvalue weighted by Crippen LogP contribution is 2.14. The molecular formula is C17H23FN2O2S. The number of rotatable bonds is 5. The maximum absolute atomic E-state index is 13.7. The molecule has 2 rings (SSSR count). The van der Waals surface area contributed by atoms with Crippen LogP contribution < -0.4 is 5.32 Å². The molecule has 2 atom stereocenters. The molecule has 1 fully saturated rings. The number of amides is 2. The Morgan fingerprint density at radius 3 is 2.57 bits per heavy atom. The van der Waals surface area contributed by atoms with Crippen LogP contribution in [0, 0.1) is 11.7 Å². The van der Waals surface area contributed by atoms with Crippen LogP contribution >= 0.6 is 11.8 Å². The van der Waals surface area contributed by atoms with E-state index in [1.54, 1.807) is 36.9 Å². The average Bonchev–Trinajstić information content (AvgIpc) is 2.56. The first-order valence-electron chi connectivity index (χ1n) is 7.89. The monoisotopic (exact) mass is 338 g/mol. The average molecular weight is 338 g/mol. The molecule has 1 aromatic carbocycles. The Balaban J connectivity index is 1.87. The van der Waals surface area contributed by atoms with Gasteiger partial charge in [0.1, 0.15) is 11.9 Å². The van der Waals surface area contributed by atoms with Crippen molar-refractivity contribution in [3.63, 3.8) is 0 Å². The lowest BCUT2D eigenvalue weighted by Gasteiger charge is -2.29. The number of halogens is 1. The summed E-state index contributed by atoms with van der Waals surface area (Å²) in [6.07, 6.45) is 0.319. The van der Waals surface area contributed by atoms with E-state index in [4.69, 9.17) is 0 Å². The van der Waals surface area contributed by atoms with Crippen LogP contribution in [0.25, 0.3) is 0 Å². The Hall–Kier alpha value is -1.56. The fourth-order valence-electron chi connectivity index (χ4n) is 2.56. The van der Waals surface area contributed by atoms with Gasteiger partial charge < -0.3 is 10.2 Å². The fraction of sp³-hybridized carbons (Fsp3) is 0.529. The largest absolute Gasteiger partial charge is 0.344 e. The molecule has 0 saturated carbocycles. The smallest absolute Gasteiger partial charge is 0.244 e. The summed E-state index contributed by atoms with van der Waals surface area (Å²) in [7, 11) is 0. The molecule has 126 valence electrons. The lowest BCUT2D eigenvalue weighted by atomic mass is 9.99. The molecule has 6 heteroatoms. The Kier molecular flexibility index (Phi) is 6.45.